The lowest BCUT2D eigenvalue weighted by Gasteiger charge is -2.14. The molecule has 1 aromatic carbocycles. The zero-order chi connectivity index (χ0) is 21.5. The van der Waals surface area contributed by atoms with Crippen molar-refractivity contribution in [3.05, 3.63) is 70.9 Å². The maximum Gasteiger partial charge on any atom is 0.341 e. The number of pyridine rings is 1. The molecule has 3 rings (SSSR count). The van der Waals surface area contributed by atoms with Crippen molar-refractivity contribution in [3.8, 4) is 11.1 Å². The van der Waals surface area contributed by atoms with Gasteiger partial charge in [-0.25, -0.2) is 4.79 Å². The van der Waals surface area contributed by atoms with Gasteiger partial charge in [-0.1, -0.05) is 35.9 Å². The Hall–Kier alpha value is -3.03. The number of esters is 1. The van der Waals surface area contributed by atoms with E-state index in [9.17, 15) is 9.59 Å². The van der Waals surface area contributed by atoms with Crippen molar-refractivity contribution in [1.82, 2.24) is 10.3 Å². The Bertz CT molecular complexity index is 1000. The molecule has 1 unspecified atom stereocenters. The van der Waals surface area contributed by atoms with E-state index >= 15 is 0 Å². The molecular weight excluding hydrogens is 398 g/mol. The smallest absolute Gasteiger partial charge is 0.341 e. The maximum atomic E-state index is 12.6. The van der Waals surface area contributed by atoms with Crippen LogP contribution in [0.25, 0.3) is 11.1 Å². The highest BCUT2D eigenvalue weighted by atomic mass is 32.1. The summed E-state index contributed by atoms with van der Waals surface area (Å²) in [6.45, 7) is 6.11. The lowest BCUT2D eigenvalue weighted by Crippen LogP contribution is -2.30. The van der Waals surface area contributed by atoms with Crippen LogP contribution in [0.1, 0.15) is 41.4 Å². The van der Waals surface area contributed by atoms with Gasteiger partial charge in [0.05, 0.1) is 13.2 Å². The van der Waals surface area contributed by atoms with Gasteiger partial charge in [-0.15, -0.1) is 11.3 Å². The summed E-state index contributed by atoms with van der Waals surface area (Å²) in [4.78, 5) is 29.3. The van der Waals surface area contributed by atoms with Gasteiger partial charge < -0.3 is 15.4 Å². The van der Waals surface area contributed by atoms with E-state index in [4.69, 9.17) is 4.74 Å². The lowest BCUT2D eigenvalue weighted by atomic mass is 10.0. The first-order valence-electron chi connectivity index (χ1n) is 9.78. The van der Waals surface area contributed by atoms with Gasteiger partial charge in [0, 0.05) is 29.4 Å². The third-order valence-corrected chi connectivity index (χ3v) is 5.53. The van der Waals surface area contributed by atoms with Crippen molar-refractivity contribution in [2.45, 2.75) is 26.8 Å². The molecule has 0 aliphatic rings. The van der Waals surface area contributed by atoms with Gasteiger partial charge in [0.15, 0.2) is 0 Å². The van der Waals surface area contributed by atoms with Crippen LogP contribution in [0.4, 0.5) is 5.00 Å². The summed E-state index contributed by atoms with van der Waals surface area (Å²) in [6, 6.07) is 11.7. The molecule has 2 heterocycles. The summed E-state index contributed by atoms with van der Waals surface area (Å²) in [5, 5.41) is 8.40. The molecule has 156 valence electrons. The van der Waals surface area contributed by atoms with E-state index < -0.39 is 5.97 Å². The first-order valence-corrected chi connectivity index (χ1v) is 10.7. The van der Waals surface area contributed by atoms with Gasteiger partial charge in [0.1, 0.15) is 10.6 Å². The van der Waals surface area contributed by atoms with Gasteiger partial charge in [-0.2, -0.15) is 0 Å². The molecule has 0 aliphatic carbocycles. The van der Waals surface area contributed by atoms with E-state index in [2.05, 4.69) is 15.6 Å². The maximum absolute atomic E-state index is 12.6. The van der Waals surface area contributed by atoms with Crippen LogP contribution >= 0.6 is 11.3 Å². The number of hydrogen-bond donors (Lipinski definition) is 2. The van der Waals surface area contributed by atoms with Gasteiger partial charge in [0.2, 0.25) is 5.91 Å². The standard InChI is InChI=1S/C23H25N3O3S/c1-4-29-23(28)21-19(17-9-7-15(2)8-10-17)14-30-22(21)26-20(27)13-25-16(3)18-6-5-11-24-12-18/h5-12,14,16,25H,4,13H2,1-3H3,(H,26,27). The fraction of sp³-hybridized carbons (Fsp3) is 0.261. The van der Waals surface area contributed by atoms with E-state index in [0.717, 1.165) is 22.3 Å². The van der Waals surface area contributed by atoms with Crippen LogP contribution in [0.5, 0.6) is 0 Å². The quantitative estimate of drug-likeness (QED) is 0.518. The number of carbonyl (C=O) groups excluding carboxylic acids is 2. The number of nitrogens with one attached hydrogen (secondary N) is 2. The van der Waals surface area contributed by atoms with E-state index in [1.165, 1.54) is 11.3 Å². The Kier molecular flexibility index (Phi) is 7.32. The number of hydrogen-bond acceptors (Lipinski definition) is 6. The van der Waals surface area contributed by atoms with Crippen LogP contribution in [0.3, 0.4) is 0 Å². The summed E-state index contributed by atoms with van der Waals surface area (Å²) in [6.07, 6.45) is 3.48. The number of benzene rings is 1. The number of amides is 1. The molecule has 0 saturated heterocycles. The Morgan fingerprint density at radius 3 is 2.63 bits per heavy atom. The minimum absolute atomic E-state index is 0.0274. The highest BCUT2D eigenvalue weighted by molar-refractivity contribution is 7.15. The highest BCUT2D eigenvalue weighted by Gasteiger charge is 2.23. The SMILES string of the molecule is CCOC(=O)c1c(-c2ccc(C)cc2)csc1NC(=O)CNC(C)c1cccnc1. The third-order valence-electron chi connectivity index (χ3n) is 4.64. The largest absolute Gasteiger partial charge is 0.462 e. The van der Waals surface area contributed by atoms with Crippen molar-refractivity contribution in [3.63, 3.8) is 0 Å². The fourth-order valence-corrected chi connectivity index (χ4v) is 3.94. The van der Waals surface area contributed by atoms with E-state index in [0.29, 0.717) is 10.6 Å². The van der Waals surface area contributed by atoms with Gasteiger partial charge in [-0.05, 0) is 38.0 Å². The molecule has 0 spiro atoms. The minimum Gasteiger partial charge on any atom is -0.462 e. The summed E-state index contributed by atoms with van der Waals surface area (Å²) < 4.78 is 5.24. The number of aromatic nitrogens is 1. The second-order valence-electron chi connectivity index (χ2n) is 6.88. The molecule has 0 radical (unpaired) electrons. The first kappa shape index (κ1) is 21.7. The Morgan fingerprint density at radius 2 is 1.97 bits per heavy atom. The normalized spacial score (nSPS) is 11.7. The fourth-order valence-electron chi connectivity index (χ4n) is 2.97. The zero-order valence-electron chi connectivity index (χ0n) is 17.3. The Morgan fingerprint density at radius 1 is 1.20 bits per heavy atom. The number of nitrogens with zero attached hydrogens (tertiary/aromatic N) is 1. The number of ether oxygens (including phenoxy) is 1. The summed E-state index contributed by atoms with van der Waals surface area (Å²) >= 11 is 1.32. The summed E-state index contributed by atoms with van der Waals surface area (Å²) in [5.74, 6) is -0.671. The van der Waals surface area contributed by atoms with Crippen LogP contribution in [-0.2, 0) is 9.53 Å². The topological polar surface area (TPSA) is 80.3 Å². The molecule has 0 aliphatic heterocycles. The molecule has 30 heavy (non-hydrogen) atoms. The number of anilines is 1. The molecular formula is C23H25N3O3S. The highest BCUT2D eigenvalue weighted by Crippen LogP contribution is 2.36. The van der Waals surface area contributed by atoms with Crippen molar-refractivity contribution in [2.24, 2.45) is 0 Å². The number of carbonyl (C=O) groups is 2. The summed E-state index contributed by atoms with van der Waals surface area (Å²) in [7, 11) is 0. The average molecular weight is 424 g/mol. The molecule has 6 nitrogen and oxygen atoms in total. The number of aryl methyl sites for hydroxylation is 1. The molecule has 0 saturated carbocycles. The monoisotopic (exact) mass is 423 g/mol. The third kappa shape index (κ3) is 5.31. The molecule has 0 fully saturated rings. The van der Waals surface area contributed by atoms with Gasteiger partial charge >= 0.3 is 5.97 Å². The van der Waals surface area contributed by atoms with Crippen LogP contribution in [0.15, 0.2) is 54.2 Å². The molecule has 3 aromatic rings. The number of rotatable bonds is 8. The van der Waals surface area contributed by atoms with Gasteiger partial charge in [0.25, 0.3) is 0 Å². The molecule has 2 aromatic heterocycles. The van der Waals surface area contributed by atoms with Crippen molar-refractivity contribution >= 4 is 28.2 Å². The minimum atomic E-state index is -0.443. The van der Waals surface area contributed by atoms with E-state index in [1.807, 2.05) is 55.6 Å². The van der Waals surface area contributed by atoms with Gasteiger partial charge in [-0.3, -0.25) is 9.78 Å². The lowest BCUT2D eigenvalue weighted by molar-refractivity contribution is -0.115. The molecule has 2 N–H and O–H groups in total. The van der Waals surface area contributed by atoms with Crippen molar-refractivity contribution in [1.29, 1.82) is 0 Å². The zero-order valence-corrected chi connectivity index (χ0v) is 18.1. The molecule has 0 bridgehead atoms. The summed E-state index contributed by atoms with van der Waals surface area (Å²) in [5.41, 5.74) is 4.18. The predicted octanol–water partition coefficient (Wildman–Crippen LogP) is 4.58. The Balaban J connectivity index is 1.75. The van der Waals surface area contributed by atoms with Crippen LogP contribution in [-0.4, -0.2) is 30.0 Å². The molecule has 1 atom stereocenters. The van der Waals surface area contributed by atoms with Crippen molar-refractivity contribution in [2.75, 3.05) is 18.5 Å². The van der Waals surface area contributed by atoms with E-state index in [-0.39, 0.29) is 25.1 Å². The van der Waals surface area contributed by atoms with Crippen LogP contribution in [0.2, 0.25) is 0 Å². The van der Waals surface area contributed by atoms with Crippen LogP contribution < -0.4 is 10.6 Å². The second kappa shape index (κ2) is 10.1. The van der Waals surface area contributed by atoms with Crippen LogP contribution in [0, 0.1) is 6.92 Å². The molecule has 1 amide bonds. The molecule has 7 heteroatoms. The van der Waals surface area contributed by atoms with Crippen molar-refractivity contribution < 1.29 is 14.3 Å². The second-order valence-corrected chi connectivity index (χ2v) is 7.76. The first-order chi connectivity index (χ1) is 14.5. The number of thiophene rings is 1. The Labute approximate surface area is 180 Å². The average Bonchev–Trinajstić information content (AvgIpc) is 3.17. The van der Waals surface area contributed by atoms with E-state index in [1.54, 1.807) is 19.3 Å². The predicted molar refractivity (Wildman–Crippen MR) is 120 cm³/mol.